The highest BCUT2D eigenvalue weighted by atomic mass is 79.9. The second-order valence-electron chi connectivity index (χ2n) is 5.78. The molecular weight excluding hydrogens is 316 g/mol. The van der Waals surface area contributed by atoms with Crippen molar-refractivity contribution >= 4 is 21.8 Å². The van der Waals surface area contributed by atoms with Gasteiger partial charge in [0.1, 0.15) is 0 Å². The molecule has 110 valence electrons. The zero-order valence-corrected chi connectivity index (χ0v) is 14.0. The van der Waals surface area contributed by atoms with E-state index in [9.17, 15) is 4.79 Å². The Kier molecular flexibility index (Phi) is 5.22. The van der Waals surface area contributed by atoms with Gasteiger partial charge in [0.2, 0.25) is 5.91 Å². The van der Waals surface area contributed by atoms with Crippen LogP contribution in [0.3, 0.4) is 0 Å². The summed E-state index contributed by atoms with van der Waals surface area (Å²) < 4.78 is 1.11. The molecule has 3 nitrogen and oxygen atoms in total. The number of hydrogen-bond donors (Lipinski definition) is 1. The molecule has 0 radical (unpaired) electrons. The number of hydrogen-bond acceptors (Lipinski definition) is 2. The lowest BCUT2D eigenvalue weighted by Crippen LogP contribution is -2.50. The number of piperidine rings is 1. The van der Waals surface area contributed by atoms with E-state index in [1.807, 2.05) is 4.90 Å². The Labute approximate surface area is 129 Å². The number of carbonyl (C=O) groups is 1. The van der Waals surface area contributed by atoms with Gasteiger partial charge in [-0.3, -0.25) is 4.79 Å². The van der Waals surface area contributed by atoms with Crippen molar-refractivity contribution in [2.75, 3.05) is 13.1 Å². The van der Waals surface area contributed by atoms with E-state index in [-0.39, 0.29) is 5.91 Å². The lowest BCUT2D eigenvalue weighted by molar-refractivity contribution is -0.130. The number of nitrogens with one attached hydrogen (secondary N) is 1. The average molecular weight is 339 g/mol. The van der Waals surface area contributed by atoms with Gasteiger partial charge in [0.25, 0.3) is 0 Å². The highest BCUT2D eigenvalue weighted by Crippen LogP contribution is 2.22. The fourth-order valence-corrected chi connectivity index (χ4v) is 3.11. The standard InChI is InChI=1S/C16H23BrN2O/c1-11-10-19(13(3)20)9-8-16(11)18-12(2)14-4-6-15(17)7-5-14/h4-7,11-12,16,18H,8-10H2,1-3H3/t11-,12-,16-/m0/s1. The number of carbonyl (C=O) groups excluding carboxylic acids is 1. The van der Waals surface area contributed by atoms with Crippen molar-refractivity contribution < 1.29 is 4.79 Å². The minimum atomic E-state index is 0.191. The van der Waals surface area contributed by atoms with E-state index in [1.54, 1.807) is 6.92 Å². The minimum absolute atomic E-state index is 0.191. The van der Waals surface area contributed by atoms with Gasteiger partial charge >= 0.3 is 0 Å². The minimum Gasteiger partial charge on any atom is -0.343 e. The molecular formula is C16H23BrN2O. The van der Waals surface area contributed by atoms with Crippen LogP contribution in [0.1, 0.15) is 38.8 Å². The predicted octanol–water partition coefficient (Wildman–Crippen LogP) is 3.36. The third kappa shape index (κ3) is 3.83. The fraction of sp³-hybridized carbons (Fsp3) is 0.562. The first kappa shape index (κ1) is 15.5. The summed E-state index contributed by atoms with van der Waals surface area (Å²) >= 11 is 3.46. The molecule has 20 heavy (non-hydrogen) atoms. The summed E-state index contributed by atoms with van der Waals surface area (Å²) in [6.07, 6.45) is 1.03. The highest BCUT2D eigenvalue weighted by Gasteiger charge is 2.28. The molecule has 0 unspecified atom stereocenters. The molecule has 1 aliphatic rings. The van der Waals surface area contributed by atoms with E-state index in [4.69, 9.17) is 0 Å². The number of halogens is 1. The van der Waals surface area contributed by atoms with E-state index in [0.29, 0.717) is 18.0 Å². The van der Waals surface area contributed by atoms with Gasteiger partial charge in [0, 0.05) is 36.6 Å². The molecule has 1 aromatic rings. The molecule has 1 fully saturated rings. The summed E-state index contributed by atoms with van der Waals surface area (Å²) in [5, 5.41) is 3.71. The van der Waals surface area contributed by atoms with Gasteiger partial charge in [-0.25, -0.2) is 0 Å². The Morgan fingerprint density at radius 2 is 2.05 bits per heavy atom. The number of nitrogens with zero attached hydrogens (tertiary/aromatic N) is 1. The van der Waals surface area contributed by atoms with Gasteiger partial charge in [-0.1, -0.05) is 35.0 Å². The number of rotatable bonds is 3. The number of benzene rings is 1. The van der Waals surface area contributed by atoms with Crippen molar-refractivity contribution in [3.8, 4) is 0 Å². The first-order chi connectivity index (χ1) is 9.47. The first-order valence-electron chi connectivity index (χ1n) is 7.24. The summed E-state index contributed by atoms with van der Waals surface area (Å²) in [4.78, 5) is 13.4. The highest BCUT2D eigenvalue weighted by molar-refractivity contribution is 9.10. The van der Waals surface area contributed by atoms with Gasteiger partial charge in [0.15, 0.2) is 0 Å². The summed E-state index contributed by atoms with van der Waals surface area (Å²) in [5.41, 5.74) is 1.30. The molecule has 0 aromatic heterocycles. The maximum atomic E-state index is 11.4. The van der Waals surface area contributed by atoms with Crippen molar-refractivity contribution in [2.24, 2.45) is 5.92 Å². The maximum absolute atomic E-state index is 11.4. The summed E-state index contributed by atoms with van der Waals surface area (Å²) in [6.45, 7) is 7.81. The molecule has 3 atom stereocenters. The monoisotopic (exact) mass is 338 g/mol. The van der Waals surface area contributed by atoms with Crippen molar-refractivity contribution in [1.29, 1.82) is 0 Å². The second-order valence-corrected chi connectivity index (χ2v) is 6.69. The topological polar surface area (TPSA) is 32.3 Å². The van der Waals surface area contributed by atoms with Gasteiger partial charge in [0.05, 0.1) is 0 Å². The molecule has 2 rings (SSSR count). The molecule has 1 heterocycles. The van der Waals surface area contributed by atoms with Crippen LogP contribution < -0.4 is 5.32 Å². The molecule has 1 aromatic carbocycles. The zero-order chi connectivity index (χ0) is 14.7. The van der Waals surface area contributed by atoms with Crippen molar-refractivity contribution in [3.63, 3.8) is 0 Å². The molecule has 0 saturated carbocycles. The van der Waals surface area contributed by atoms with Crippen LogP contribution in [-0.4, -0.2) is 29.9 Å². The normalized spacial score (nSPS) is 24.5. The van der Waals surface area contributed by atoms with E-state index < -0.39 is 0 Å². The molecule has 1 saturated heterocycles. The van der Waals surface area contributed by atoms with Crippen LogP contribution in [0.4, 0.5) is 0 Å². The Hall–Kier alpha value is -0.870. The van der Waals surface area contributed by atoms with E-state index >= 15 is 0 Å². The van der Waals surface area contributed by atoms with Gasteiger partial charge < -0.3 is 10.2 Å². The van der Waals surface area contributed by atoms with E-state index in [1.165, 1.54) is 5.56 Å². The Morgan fingerprint density at radius 3 is 2.60 bits per heavy atom. The largest absolute Gasteiger partial charge is 0.343 e. The van der Waals surface area contributed by atoms with E-state index in [2.05, 4.69) is 59.4 Å². The van der Waals surface area contributed by atoms with Crippen LogP contribution in [0.25, 0.3) is 0 Å². The van der Waals surface area contributed by atoms with E-state index in [0.717, 1.165) is 24.0 Å². The average Bonchev–Trinajstić information content (AvgIpc) is 2.41. The quantitative estimate of drug-likeness (QED) is 0.916. The molecule has 4 heteroatoms. The lowest BCUT2D eigenvalue weighted by Gasteiger charge is -2.38. The summed E-state index contributed by atoms with van der Waals surface area (Å²) in [5.74, 6) is 0.682. The van der Waals surface area contributed by atoms with Gasteiger partial charge in [-0.15, -0.1) is 0 Å². The van der Waals surface area contributed by atoms with Crippen LogP contribution in [0, 0.1) is 5.92 Å². The van der Waals surface area contributed by atoms with Crippen molar-refractivity contribution in [2.45, 2.75) is 39.3 Å². The lowest BCUT2D eigenvalue weighted by atomic mass is 9.92. The van der Waals surface area contributed by atoms with Gasteiger partial charge in [-0.05, 0) is 37.0 Å². The molecule has 0 aliphatic carbocycles. The Morgan fingerprint density at radius 1 is 1.40 bits per heavy atom. The fourth-order valence-electron chi connectivity index (χ4n) is 2.85. The third-order valence-electron chi connectivity index (χ3n) is 4.18. The number of amides is 1. The van der Waals surface area contributed by atoms with Crippen molar-refractivity contribution in [1.82, 2.24) is 10.2 Å². The third-order valence-corrected chi connectivity index (χ3v) is 4.71. The predicted molar refractivity (Wildman–Crippen MR) is 85.5 cm³/mol. The molecule has 1 N–H and O–H groups in total. The summed E-state index contributed by atoms with van der Waals surface area (Å²) in [7, 11) is 0. The van der Waals surface area contributed by atoms with Crippen LogP contribution in [0.15, 0.2) is 28.7 Å². The van der Waals surface area contributed by atoms with Gasteiger partial charge in [-0.2, -0.15) is 0 Å². The summed E-state index contributed by atoms with van der Waals surface area (Å²) in [6, 6.07) is 9.27. The Balaban J connectivity index is 1.93. The van der Waals surface area contributed by atoms with Crippen LogP contribution in [0.5, 0.6) is 0 Å². The SMILES string of the molecule is CC(=O)N1CC[C@H](N[C@@H](C)c2ccc(Br)cc2)[C@@H](C)C1. The first-order valence-corrected chi connectivity index (χ1v) is 8.03. The maximum Gasteiger partial charge on any atom is 0.219 e. The van der Waals surface area contributed by atoms with Crippen LogP contribution >= 0.6 is 15.9 Å². The smallest absolute Gasteiger partial charge is 0.219 e. The molecule has 0 spiro atoms. The van der Waals surface area contributed by atoms with Crippen LogP contribution in [-0.2, 0) is 4.79 Å². The molecule has 1 aliphatic heterocycles. The van der Waals surface area contributed by atoms with Crippen LogP contribution in [0.2, 0.25) is 0 Å². The Bertz CT molecular complexity index is 460. The molecule has 0 bridgehead atoms. The van der Waals surface area contributed by atoms with Crippen molar-refractivity contribution in [3.05, 3.63) is 34.3 Å². The zero-order valence-electron chi connectivity index (χ0n) is 12.4. The second kappa shape index (κ2) is 6.72. The number of likely N-dealkylation sites (tertiary alicyclic amines) is 1. The molecule has 1 amide bonds.